The Labute approximate surface area is 159 Å². The average molecular weight is 386 g/mol. The number of alkyl halides is 3. The Morgan fingerprint density at radius 3 is 2.78 bits per heavy atom. The molecule has 1 fully saturated rings. The monoisotopic (exact) mass is 386 g/mol. The molecular weight excluding hydrogens is 357 g/mol. The first-order valence-corrected chi connectivity index (χ1v) is 9.18. The second kappa shape index (κ2) is 9.82. The van der Waals surface area contributed by atoms with Crippen LogP contribution in [0.4, 0.5) is 13.2 Å². The van der Waals surface area contributed by atoms with E-state index in [0.29, 0.717) is 32.1 Å². The molecule has 0 aromatic heterocycles. The molecule has 5 nitrogen and oxygen atoms in total. The fourth-order valence-corrected chi connectivity index (χ4v) is 3.36. The lowest BCUT2D eigenvalue weighted by Gasteiger charge is -2.19. The number of benzene rings is 1. The molecule has 1 unspecified atom stereocenters. The van der Waals surface area contributed by atoms with Gasteiger partial charge in [0.25, 0.3) is 0 Å². The van der Waals surface area contributed by atoms with Crippen LogP contribution in [-0.4, -0.2) is 63.9 Å². The molecular formula is C19H29F3N4O. The van der Waals surface area contributed by atoms with Gasteiger partial charge in [0, 0.05) is 26.7 Å². The average Bonchev–Trinajstić information content (AvgIpc) is 3.03. The van der Waals surface area contributed by atoms with Gasteiger partial charge in [-0.3, -0.25) is 9.89 Å². The van der Waals surface area contributed by atoms with Gasteiger partial charge in [0.1, 0.15) is 5.75 Å². The highest BCUT2D eigenvalue weighted by molar-refractivity contribution is 5.79. The number of ether oxygens (including phenoxy) is 1. The van der Waals surface area contributed by atoms with Crippen molar-refractivity contribution < 1.29 is 17.9 Å². The molecule has 0 saturated carbocycles. The molecule has 1 saturated heterocycles. The van der Waals surface area contributed by atoms with E-state index in [0.717, 1.165) is 24.2 Å². The van der Waals surface area contributed by atoms with Crippen molar-refractivity contribution in [3.8, 4) is 5.75 Å². The topological polar surface area (TPSA) is 48.9 Å². The molecule has 0 aliphatic carbocycles. The largest absolute Gasteiger partial charge is 0.496 e. The van der Waals surface area contributed by atoms with Crippen molar-refractivity contribution in [3.05, 3.63) is 29.3 Å². The number of likely N-dealkylation sites (tertiary alicyclic amines) is 1. The van der Waals surface area contributed by atoms with Gasteiger partial charge in [-0.2, -0.15) is 13.2 Å². The first kappa shape index (κ1) is 21.3. The SMILES string of the molecule is CN=C(NCCc1cc(C)ccc1OC)NCC1CCN(CC(F)(F)F)C1. The van der Waals surface area contributed by atoms with Gasteiger partial charge in [0.15, 0.2) is 5.96 Å². The molecule has 0 amide bonds. The first-order chi connectivity index (χ1) is 12.8. The van der Waals surface area contributed by atoms with Crippen molar-refractivity contribution in [2.24, 2.45) is 10.9 Å². The number of hydrogen-bond acceptors (Lipinski definition) is 3. The highest BCUT2D eigenvalue weighted by Gasteiger charge is 2.34. The molecule has 1 aliphatic heterocycles. The molecule has 1 heterocycles. The van der Waals surface area contributed by atoms with E-state index in [-0.39, 0.29) is 5.92 Å². The van der Waals surface area contributed by atoms with Gasteiger partial charge in [-0.05, 0) is 43.9 Å². The standard InChI is InChI=1S/C19H29F3N4O/c1-14-4-5-17(27-3)16(10-14)6-8-24-18(23-2)25-11-15-7-9-26(12-15)13-19(20,21)22/h4-5,10,15H,6-9,11-13H2,1-3H3,(H2,23,24,25). The van der Waals surface area contributed by atoms with Crippen molar-refractivity contribution in [2.45, 2.75) is 25.9 Å². The third-order valence-electron chi connectivity index (χ3n) is 4.68. The van der Waals surface area contributed by atoms with E-state index >= 15 is 0 Å². The minimum atomic E-state index is -4.13. The zero-order valence-electron chi connectivity index (χ0n) is 16.2. The van der Waals surface area contributed by atoms with Crippen LogP contribution in [0, 0.1) is 12.8 Å². The van der Waals surface area contributed by atoms with Crippen LogP contribution in [0.15, 0.2) is 23.2 Å². The zero-order chi connectivity index (χ0) is 19.9. The van der Waals surface area contributed by atoms with E-state index in [4.69, 9.17) is 4.74 Å². The molecule has 0 radical (unpaired) electrons. The summed E-state index contributed by atoms with van der Waals surface area (Å²) in [4.78, 5) is 5.65. The number of nitrogens with zero attached hydrogens (tertiary/aromatic N) is 2. The molecule has 2 N–H and O–H groups in total. The Morgan fingerprint density at radius 2 is 2.11 bits per heavy atom. The molecule has 1 aromatic carbocycles. The summed E-state index contributed by atoms with van der Waals surface area (Å²) in [5, 5.41) is 6.47. The normalized spacial score (nSPS) is 18.6. The number of hydrogen-bond donors (Lipinski definition) is 2. The zero-order valence-corrected chi connectivity index (χ0v) is 16.2. The van der Waals surface area contributed by atoms with Crippen LogP contribution < -0.4 is 15.4 Å². The van der Waals surface area contributed by atoms with Gasteiger partial charge in [-0.25, -0.2) is 0 Å². The van der Waals surface area contributed by atoms with Crippen molar-refractivity contribution >= 4 is 5.96 Å². The second-order valence-corrected chi connectivity index (χ2v) is 6.95. The number of guanidine groups is 1. The summed E-state index contributed by atoms with van der Waals surface area (Å²) in [5.74, 6) is 1.72. The molecule has 0 bridgehead atoms. The van der Waals surface area contributed by atoms with Crippen LogP contribution in [0.1, 0.15) is 17.5 Å². The molecule has 2 rings (SSSR count). The minimum absolute atomic E-state index is 0.197. The summed E-state index contributed by atoms with van der Waals surface area (Å²) in [5.41, 5.74) is 2.30. The number of rotatable bonds is 7. The highest BCUT2D eigenvalue weighted by atomic mass is 19.4. The maximum Gasteiger partial charge on any atom is 0.401 e. The summed E-state index contributed by atoms with van der Waals surface area (Å²) in [7, 11) is 3.35. The lowest BCUT2D eigenvalue weighted by atomic mass is 10.1. The maximum atomic E-state index is 12.5. The fraction of sp³-hybridized carbons (Fsp3) is 0.632. The molecule has 27 heavy (non-hydrogen) atoms. The van der Waals surface area contributed by atoms with Crippen molar-refractivity contribution in [1.29, 1.82) is 0 Å². The van der Waals surface area contributed by atoms with Gasteiger partial charge >= 0.3 is 6.18 Å². The van der Waals surface area contributed by atoms with Crippen LogP contribution in [0.25, 0.3) is 0 Å². The van der Waals surface area contributed by atoms with E-state index in [2.05, 4.69) is 21.7 Å². The summed E-state index contributed by atoms with van der Waals surface area (Å²) in [6.45, 7) is 3.47. The van der Waals surface area contributed by atoms with E-state index in [1.165, 1.54) is 10.5 Å². The minimum Gasteiger partial charge on any atom is -0.496 e. The third kappa shape index (κ3) is 7.28. The first-order valence-electron chi connectivity index (χ1n) is 9.18. The molecule has 0 spiro atoms. The van der Waals surface area contributed by atoms with E-state index in [9.17, 15) is 13.2 Å². The Kier molecular flexibility index (Phi) is 7.77. The summed E-state index contributed by atoms with van der Waals surface area (Å²) in [6, 6.07) is 6.08. The lowest BCUT2D eigenvalue weighted by molar-refractivity contribution is -0.143. The van der Waals surface area contributed by atoms with Gasteiger partial charge in [0.2, 0.25) is 0 Å². The van der Waals surface area contributed by atoms with Gasteiger partial charge in [-0.1, -0.05) is 17.7 Å². The van der Waals surface area contributed by atoms with Gasteiger partial charge in [0.05, 0.1) is 13.7 Å². The number of halogens is 3. The fourth-order valence-electron chi connectivity index (χ4n) is 3.36. The number of aryl methyl sites for hydroxylation is 1. The highest BCUT2D eigenvalue weighted by Crippen LogP contribution is 2.22. The van der Waals surface area contributed by atoms with Gasteiger partial charge in [-0.15, -0.1) is 0 Å². The Balaban J connectivity index is 1.73. The van der Waals surface area contributed by atoms with Crippen LogP contribution in [0.3, 0.4) is 0 Å². The van der Waals surface area contributed by atoms with Crippen LogP contribution >= 0.6 is 0 Å². The maximum absolute atomic E-state index is 12.5. The summed E-state index contributed by atoms with van der Waals surface area (Å²) in [6.07, 6.45) is -2.58. The van der Waals surface area contributed by atoms with Gasteiger partial charge < -0.3 is 15.4 Å². The predicted octanol–water partition coefficient (Wildman–Crippen LogP) is 2.60. The van der Waals surface area contributed by atoms with Crippen molar-refractivity contribution in [2.75, 3.05) is 46.9 Å². The summed E-state index contributed by atoms with van der Waals surface area (Å²) < 4.78 is 42.8. The Morgan fingerprint density at radius 1 is 1.33 bits per heavy atom. The van der Waals surface area contributed by atoms with E-state index < -0.39 is 12.7 Å². The Hall–Kier alpha value is -1.96. The quantitative estimate of drug-likeness (QED) is 0.559. The lowest BCUT2D eigenvalue weighted by Crippen LogP contribution is -2.41. The molecule has 1 aliphatic rings. The summed E-state index contributed by atoms with van der Waals surface area (Å²) >= 11 is 0. The number of nitrogens with one attached hydrogen (secondary N) is 2. The molecule has 152 valence electrons. The third-order valence-corrected chi connectivity index (χ3v) is 4.68. The van der Waals surface area contributed by atoms with Crippen LogP contribution in [-0.2, 0) is 6.42 Å². The van der Waals surface area contributed by atoms with Crippen LogP contribution in [0.2, 0.25) is 0 Å². The number of methoxy groups -OCH3 is 1. The Bertz CT molecular complexity index is 634. The molecule has 8 heteroatoms. The predicted molar refractivity (Wildman–Crippen MR) is 101 cm³/mol. The van der Waals surface area contributed by atoms with Crippen LogP contribution in [0.5, 0.6) is 5.75 Å². The second-order valence-electron chi connectivity index (χ2n) is 6.95. The smallest absolute Gasteiger partial charge is 0.401 e. The molecule has 1 atom stereocenters. The number of aliphatic imine (C=N–C) groups is 1. The van der Waals surface area contributed by atoms with Crippen molar-refractivity contribution in [1.82, 2.24) is 15.5 Å². The molecule has 1 aromatic rings. The van der Waals surface area contributed by atoms with Crippen molar-refractivity contribution in [3.63, 3.8) is 0 Å². The van der Waals surface area contributed by atoms with E-state index in [1.807, 2.05) is 19.1 Å². The van der Waals surface area contributed by atoms with E-state index in [1.54, 1.807) is 14.2 Å².